The van der Waals surface area contributed by atoms with E-state index in [4.69, 9.17) is 0 Å². The first-order valence-electron chi connectivity index (χ1n) is 8.42. The Labute approximate surface area is 127 Å². The summed E-state index contributed by atoms with van der Waals surface area (Å²) in [4.78, 5) is 14.0. The molecule has 1 saturated carbocycles. The van der Waals surface area contributed by atoms with Crippen molar-refractivity contribution >= 4 is 11.8 Å². The average Bonchev–Trinajstić information content (AvgIpc) is 3.08. The third kappa shape index (κ3) is 3.64. The van der Waals surface area contributed by atoms with E-state index in [0.29, 0.717) is 0 Å². The molecule has 1 aromatic rings. The third-order valence-electron chi connectivity index (χ3n) is 4.65. The molecule has 0 aromatic carbocycles. The standard InChI is InChI=1S/C16H27N5/c1-2-8-17-16-18-9-7-15(19-16)21-12-10-20(11-13-21)14-5-3-4-6-14/h7,9,14H,2-6,8,10-13H2,1H3,(H,17,18,19). The van der Waals surface area contributed by atoms with Crippen LogP contribution in [-0.2, 0) is 0 Å². The van der Waals surface area contributed by atoms with Crippen molar-refractivity contribution in [2.45, 2.75) is 45.1 Å². The predicted molar refractivity (Wildman–Crippen MR) is 86.9 cm³/mol. The Kier molecular flexibility index (Phi) is 4.91. The first-order valence-corrected chi connectivity index (χ1v) is 8.42. The largest absolute Gasteiger partial charge is 0.354 e. The molecule has 0 radical (unpaired) electrons. The molecule has 0 amide bonds. The monoisotopic (exact) mass is 289 g/mol. The Morgan fingerprint density at radius 3 is 2.67 bits per heavy atom. The van der Waals surface area contributed by atoms with E-state index in [1.165, 1.54) is 38.8 Å². The zero-order valence-corrected chi connectivity index (χ0v) is 13.1. The molecule has 3 rings (SSSR count). The summed E-state index contributed by atoms with van der Waals surface area (Å²) in [5.41, 5.74) is 0. The fourth-order valence-electron chi connectivity index (χ4n) is 3.43. The van der Waals surface area contributed by atoms with Crippen molar-refractivity contribution in [1.29, 1.82) is 0 Å². The number of rotatable bonds is 5. The topological polar surface area (TPSA) is 44.3 Å². The lowest BCUT2D eigenvalue weighted by atomic mass is 10.2. The maximum absolute atomic E-state index is 4.64. The van der Waals surface area contributed by atoms with E-state index < -0.39 is 0 Å². The first-order chi connectivity index (χ1) is 10.4. The van der Waals surface area contributed by atoms with Crippen LogP contribution in [0.25, 0.3) is 0 Å². The molecule has 1 saturated heterocycles. The zero-order chi connectivity index (χ0) is 14.5. The van der Waals surface area contributed by atoms with Crippen LogP contribution in [0.4, 0.5) is 11.8 Å². The molecule has 21 heavy (non-hydrogen) atoms. The molecule has 0 spiro atoms. The Hall–Kier alpha value is -1.36. The number of nitrogens with zero attached hydrogens (tertiary/aromatic N) is 4. The van der Waals surface area contributed by atoms with Gasteiger partial charge in [-0.05, 0) is 25.3 Å². The van der Waals surface area contributed by atoms with Crippen molar-refractivity contribution in [1.82, 2.24) is 14.9 Å². The van der Waals surface area contributed by atoms with Crippen molar-refractivity contribution in [3.8, 4) is 0 Å². The maximum Gasteiger partial charge on any atom is 0.224 e. The number of hydrogen-bond acceptors (Lipinski definition) is 5. The summed E-state index contributed by atoms with van der Waals surface area (Å²) in [6.07, 6.45) is 8.60. The van der Waals surface area contributed by atoms with Crippen molar-refractivity contribution in [3.63, 3.8) is 0 Å². The van der Waals surface area contributed by atoms with Gasteiger partial charge >= 0.3 is 0 Å². The normalized spacial score (nSPS) is 20.9. The first kappa shape index (κ1) is 14.6. The molecular weight excluding hydrogens is 262 g/mol. The van der Waals surface area contributed by atoms with Crippen molar-refractivity contribution in [2.24, 2.45) is 0 Å². The molecule has 1 aliphatic carbocycles. The predicted octanol–water partition coefficient (Wildman–Crippen LogP) is 2.36. The van der Waals surface area contributed by atoms with Gasteiger partial charge in [-0.25, -0.2) is 4.98 Å². The van der Waals surface area contributed by atoms with Gasteiger partial charge in [0.1, 0.15) is 5.82 Å². The van der Waals surface area contributed by atoms with Gasteiger partial charge in [-0.3, -0.25) is 4.90 Å². The molecule has 0 unspecified atom stereocenters. The van der Waals surface area contributed by atoms with E-state index in [2.05, 4.69) is 32.0 Å². The highest BCUT2D eigenvalue weighted by atomic mass is 15.3. The highest BCUT2D eigenvalue weighted by molar-refractivity contribution is 5.42. The Morgan fingerprint density at radius 2 is 1.95 bits per heavy atom. The quantitative estimate of drug-likeness (QED) is 0.901. The van der Waals surface area contributed by atoms with Crippen LogP contribution in [0, 0.1) is 0 Å². The number of anilines is 2. The Balaban J connectivity index is 1.56. The van der Waals surface area contributed by atoms with E-state index in [1.54, 1.807) is 0 Å². The molecule has 0 atom stereocenters. The molecule has 2 aliphatic rings. The Morgan fingerprint density at radius 1 is 1.19 bits per heavy atom. The smallest absolute Gasteiger partial charge is 0.224 e. The molecule has 2 fully saturated rings. The van der Waals surface area contributed by atoms with Gasteiger partial charge in [0.15, 0.2) is 0 Å². The van der Waals surface area contributed by atoms with E-state index in [-0.39, 0.29) is 0 Å². The molecule has 0 bridgehead atoms. The SMILES string of the molecule is CCCNc1nccc(N2CCN(C3CCCC3)CC2)n1. The van der Waals surface area contributed by atoms with Gasteiger partial charge in [-0.1, -0.05) is 19.8 Å². The lowest BCUT2D eigenvalue weighted by Crippen LogP contribution is -2.50. The minimum Gasteiger partial charge on any atom is -0.354 e. The highest BCUT2D eigenvalue weighted by Gasteiger charge is 2.26. The molecule has 1 aliphatic heterocycles. The fraction of sp³-hybridized carbons (Fsp3) is 0.750. The van der Waals surface area contributed by atoms with Crippen LogP contribution in [0.5, 0.6) is 0 Å². The van der Waals surface area contributed by atoms with Gasteiger partial charge in [-0.2, -0.15) is 4.98 Å². The lowest BCUT2D eigenvalue weighted by Gasteiger charge is -2.38. The average molecular weight is 289 g/mol. The Bertz CT molecular complexity index is 436. The summed E-state index contributed by atoms with van der Waals surface area (Å²) in [7, 11) is 0. The molecule has 5 heteroatoms. The summed E-state index contributed by atoms with van der Waals surface area (Å²) < 4.78 is 0. The van der Waals surface area contributed by atoms with Crippen LogP contribution < -0.4 is 10.2 Å². The second kappa shape index (κ2) is 7.07. The number of aromatic nitrogens is 2. The van der Waals surface area contributed by atoms with Crippen LogP contribution in [0.2, 0.25) is 0 Å². The molecular formula is C16H27N5. The van der Waals surface area contributed by atoms with Crippen molar-refractivity contribution in [3.05, 3.63) is 12.3 Å². The van der Waals surface area contributed by atoms with Gasteiger partial charge in [0, 0.05) is 45.0 Å². The van der Waals surface area contributed by atoms with Crippen LogP contribution in [0.1, 0.15) is 39.0 Å². The minimum atomic E-state index is 0.757. The second-order valence-electron chi connectivity index (χ2n) is 6.13. The second-order valence-corrected chi connectivity index (χ2v) is 6.13. The maximum atomic E-state index is 4.64. The van der Waals surface area contributed by atoms with Gasteiger partial charge in [-0.15, -0.1) is 0 Å². The van der Waals surface area contributed by atoms with E-state index in [1.807, 2.05) is 12.3 Å². The number of hydrogen-bond donors (Lipinski definition) is 1. The molecule has 1 N–H and O–H groups in total. The highest BCUT2D eigenvalue weighted by Crippen LogP contribution is 2.25. The van der Waals surface area contributed by atoms with Crippen molar-refractivity contribution < 1.29 is 0 Å². The summed E-state index contributed by atoms with van der Waals surface area (Å²) in [5.74, 6) is 1.82. The summed E-state index contributed by atoms with van der Waals surface area (Å²) in [5, 5.41) is 3.27. The third-order valence-corrected chi connectivity index (χ3v) is 4.65. The van der Waals surface area contributed by atoms with Crippen LogP contribution in [0.15, 0.2) is 12.3 Å². The summed E-state index contributed by atoms with van der Waals surface area (Å²) in [6.45, 7) is 7.60. The number of nitrogens with one attached hydrogen (secondary N) is 1. The molecule has 116 valence electrons. The lowest BCUT2D eigenvalue weighted by molar-refractivity contribution is 0.187. The van der Waals surface area contributed by atoms with Crippen LogP contribution >= 0.6 is 0 Å². The van der Waals surface area contributed by atoms with Crippen molar-refractivity contribution in [2.75, 3.05) is 42.9 Å². The zero-order valence-electron chi connectivity index (χ0n) is 13.1. The summed E-state index contributed by atoms with van der Waals surface area (Å²) in [6, 6.07) is 2.88. The van der Waals surface area contributed by atoms with E-state index in [0.717, 1.165) is 43.9 Å². The molecule has 5 nitrogen and oxygen atoms in total. The van der Waals surface area contributed by atoms with Gasteiger partial charge in [0.25, 0.3) is 0 Å². The van der Waals surface area contributed by atoms with E-state index in [9.17, 15) is 0 Å². The van der Waals surface area contributed by atoms with Crippen LogP contribution in [0.3, 0.4) is 0 Å². The minimum absolute atomic E-state index is 0.757. The van der Waals surface area contributed by atoms with Gasteiger partial charge in [0.05, 0.1) is 0 Å². The van der Waals surface area contributed by atoms with Crippen LogP contribution in [-0.4, -0.2) is 53.6 Å². The van der Waals surface area contributed by atoms with Gasteiger partial charge < -0.3 is 10.2 Å². The molecule has 1 aromatic heterocycles. The molecule has 2 heterocycles. The fourth-order valence-corrected chi connectivity index (χ4v) is 3.43. The van der Waals surface area contributed by atoms with Gasteiger partial charge in [0.2, 0.25) is 5.95 Å². The van der Waals surface area contributed by atoms with E-state index >= 15 is 0 Å². The summed E-state index contributed by atoms with van der Waals surface area (Å²) >= 11 is 0. The number of piperazine rings is 1.